The van der Waals surface area contributed by atoms with Gasteiger partial charge in [0.05, 0.1) is 0 Å². The average molecular weight is 301 g/mol. The number of carbonyl (C=O) groups excluding carboxylic acids is 1. The zero-order valence-electron chi connectivity index (χ0n) is 11.8. The number of anilines is 1. The van der Waals surface area contributed by atoms with Crippen molar-refractivity contribution in [3.63, 3.8) is 0 Å². The van der Waals surface area contributed by atoms with Gasteiger partial charge in [0.25, 0.3) is 5.91 Å². The van der Waals surface area contributed by atoms with E-state index in [4.69, 9.17) is 0 Å². The van der Waals surface area contributed by atoms with Gasteiger partial charge >= 0.3 is 6.18 Å². The quantitative estimate of drug-likeness (QED) is 0.878. The van der Waals surface area contributed by atoms with Crippen LogP contribution in [0.5, 0.6) is 0 Å². The van der Waals surface area contributed by atoms with E-state index in [1.807, 2.05) is 6.92 Å². The van der Waals surface area contributed by atoms with Gasteiger partial charge in [-0.15, -0.1) is 0 Å². The first-order valence-corrected chi connectivity index (χ1v) is 6.98. The molecule has 4 nitrogen and oxygen atoms in total. The van der Waals surface area contributed by atoms with E-state index in [0.717, 1.165) is 11.3 Å². The van der Waals surface area contributed by atoms with Crippen LogP contribution in [0.4, 0.5) is 19.0 Å². The lowest BCUT2D eigenvalue weighted by Gasteiger charge is -2.24. The molecule has 7 heteroatoms. The summed E-state index contributed by atoms with van der Waals surface area (Å²) in [4.78, 5) is 17.3. The molecular weight excluding hydrogens is 283 g/mol. The summed E-state index contributed by atoms with van der Waals surface area (Å²) in [6.45, 7) is 1.48. The van der Waals surface area contributed by atoms with E-state index >= 15 is 0 Å². The number of hydrogen-bond donors (Lipinski definition) is 1. The molecule has 0 spiro atoms. The topological polar surface area (TPSA) is 45.2 Å². The Balaban J connectivity index is 2.12. The van der Waals surface area contributed by atoms with Crippen LogP contribution in [-0.4, -0.2) is 41.1 Å². The minimum Gasteiger partial charge on any atom is -0.370 e. The Morgan fingerprint density at radius 3 is 2.76 bits per heavy atom. The van der Waals surface area contributed by atoms with Crippen LogP contribution in [0.1, 0.15) is 36.5 Å². The monoisotopic (exact) mass is 301 g/mol. The minimum absolute atomic E-state index is 0.236. The maximum Gasteiger partial charge on any atom is 0.406 e. The predicted octanol–water partition coefficient (Wildman–Crippen LogP) is 3.07. The molecule has 1 heterocycles. The van der Waals surface area contributed by atoms with Crippen molar-refractivity contribution in [3.8, 4) is 0 Å². The Morgan fingerprint density at radius 2 is 2.19 bits per heavy atom. The van der Waals surface area contributed by atoms with Gasteiger partial charge in [-0.05, 0) is 31.4 Å². The highest BCUT2D eigenvalue weighted by Gasteiger charge is 2.40. The fourth-order valence-electron chi connectivity index (χ4n) is 2.03. The molecule has 0 aromatic carbocycles. The highest BCUT2D eigenvalue weighted by Crippen LogP contribution is 2.31. The first-order valence-electron chi connectivity index (χ1n) is 6.98. The third kappa shape index (κ3) is 4.61. The van der Waals surface area contributed by atoms with Crippen LogP contribution in [0.2, 0.25) is 0 Å². The largest absolute Gasteiger partial charge is 0.406 e. The second kappa shape index (κ2) is 6.32. The second-order valence-corrected chi connectivity index (χ2v) is 5.14. The van der Waals surface area contributed by atoms with Gasteiger partial charge in [0.2, 0.25) is 0 Å². The van der Waals surface area contributed by atoms with Crippen LogP contribution in [0.15, 0.2) is 18.3 Å². The molecule has 1 fully saturated rings. The number of alkyl halides is 3. The summed E-state index contributed by atoms with van der Waals surface area (Å²) in [5.74, 6) is -0.0813. The first kappa shape index (κ1) is 15.6. The number of rotatable bonds is 6. The van der Waals surface area contributed by atoms with Crippen molar-refractivity contribution in [1.29, 1.82) is 0 Å². The Hall–Kier alpha value is -1.79. The Labute approximate surface area is 121 Å². The van der Waals surface area contributed by atoms with Crippen LogP contribution >= 0.6 is 0 Å². The standard InChI is InChI=1S/C14H18F3N3O/c1-2-6-18-12-8-10(5-7-19-12)13(21)20(11-3-4-11)9-14(15,16)17/h5,7-8,11H,2-4,6,9H2,1H3,(H,18,19). The molecule has 0 unspecified atom stereocenters. The van der Waals surface area contributed by atoms with Crippen LogP contribution < -0.4 is 5.32 Å². The van der Waals surface area contributed by atoms with Crippen LogP contribution in [0.25, 0.3) is 0 Å². The van der Waals surface area contributed by atoms with Gasteiger partial charge in [0, 0.05) is 24.3 Å². The van der Waals surface area contributed by atoms with Crippen molar-refractivity contribution in [1.82, 2.24) is 9.88 Å². The number of amides is 1. The number of halogens is 3. The van der Waals surface area contributed by atoms with Crippen molar-refractivity contribution in [3.05, 3.63) is 23.9 Å². The molecule has 116 valence electrons. The summed E-state index contributed by atoms with van der Waals surface area (Å²) >= 11 is 0. The molecule has 0 atom stereocenters. The van der Waals surface area contributed by atoms with Crippen molar-refractivity contribution < 1.29 is 18.0 Å². The van der Waals surface area contributed by atoms with E-state index in [-0.39, 0.29) is 11.6 Å². The summed E-state index contributed by atoms with van der Waals surface area (Å²) in [7, 11) is 0. The molecule has 1 aliphatic carbocycles. The molecule has 0 bridgehead atoms. The van der Waals surface area contributed by atoms with E-state index in [9.17, 15) is 18.0 Å². The zero-order chi connectivity index (χ0) is 15.5. The lowest BCUT2D eigenvalue weighted by Crippen LogP contribution is -2.40. The number of hydrogen-bond acceptors (Lipinski definition) is 3. The van der Waals surface area contributed by atoms with Crippen LogP contribution in [-0.2, 0) is 0 Å². The van der Waals surface area contributed by atoms with Gasteiger partial charge in [-0.25, -0.2) is 4.98 Å². The van der Waals surface area contributed by atoms with Crippen molar-refractivity contribution in [2.45, 2.75) is 38.4 Å². The summed E-state index contributed by atoms with van der Waals surface area (Å²) in [6, 6.07) is 2.66. The van der Waals surface area contributed by atoms with E-state index in [2.05, 4.69) is 10.3 Å². The normalized spacial score (nSPS) is 14.9. The van der Waals surface area contributed by atoms with Gasteiger partial charge in [-0.2, -0.15) is 13.2 Å². The maximum atomic E-state index is 12.6. The number of carbonyl (C=O) groups is 1. The lowest BCUT2D eigenvalue weighted by molar-refractivity contribution is -0.141. The summed E-state index contributed by atoms with van der Waals surface area (Å²) in [5, 5.41) is 3.02. The van der Waals surface area contributed by atoms with E-state index in [1.165, 1.54) is 18.3 Å². The highest BCUT2D eigenvalue weighted by atomic mass is 19.4. The summed E-state index contributed by atoms with van der Waals surface area (Å²) < 4.78 is 37.8. The average Bonchev–Trinajstić information content (AvgIpc) is 3.25. The molecule has 1 saturated carbocycles. The second-order valence-electron chi connectivity index (χ2n) is 5.14. The van der Waals surface area contributed by atoms with Crippen LogP contribution in [0.3, 0.4) is 0 Å². The Bertz CT molecular complexity index is 500. The molecule has 1 aromatic rings. The zero-order valence-corrected chi connectivity index (χ0v) is 11.8. The third-order valence-corrected chi connectivity index (χ3v) is 3.16. The number of aromatic nitrogens is 1. The molecular formula is C14H18F3N3O. The smallest absolute Gasteiger partial charge is 0.370 e. The number of nitrogens with one attached hydrogen (secondary N) is 1. The van der Waals surface area contributed by atoms with Gasteiger partial charge in [0.1, 0.15) is 12.4 Å². The van der Waals surface area contributed by atoms with Crippen molar-refractivity contribution >= 4 is 11.7 Å². The molecule has 0 aliphatic heterocycles. The third-order valence-electron chi connectivity index (χ3n) is 3.16. The summed E-state index contributed by atoms with van der Waals surface area (Å²) in [5.41, 5.74) is 0.236. The van der Waals surface area contributed by atoms with E-state index < -0.39 is 18.6 Å². The summed E-state index contributed by atoms with van der Waals surface area (Å²) in [6.07, 6.45) is -0.789. The van der Waals surface area contributed by atoms with E-state index in [1.54, 1.807) is 0 Å². The van der Waals surface area contributed by atoms with Gasteiger partial charge in [-0.1, -0.05) is 6.92 Å². The fraction of sp³-hybridized carbons (Fsp3) is 0.571. The first-order chi connectivity index (χ1) is 9.90. The Kier molecular flexibility index (Phi) is 4.69. The van der Waals surface area contributed by atoms with Gasteiger partial charge in [-0.3, -0.25) is 4.79 Å². The molecule has 1 aromatic heterocycles. The maximum absolute atomic E-state index is 12.6. The predicted molar refractivity (Wildman–Crippen MR) is 73.1 cm³/mol. The van der Waals surface area contributed by atoms with Crippen LogP contribution in [0, 0.1) is 0 Å². The molecule has 0 saturated heterocycles. The SMILES string of the molecule is CCCNc1cc(C(=O)N(CC(F)(F)F)C2CC2)ccn1. The molecule has 21 heavy (non-hydrogen) atoms. The fourth-order valence-corrected chi connectivity index (χ4v) is 2.03. The Morgan fingerprint density at radius 1 is 1.48 bits per heavy atom. The molecule has 2 rings (SSSR count). The molecule has 1 N–H and O–H groups in total. The van der Waals surface area contributed by atoms with Gasteiger partial charge < -0.3 is 10.2 Å². The number of nitrogens with zero attached hydrogens (tertiary/aromatic N) is 2. The minimum atomic E-state index is -4.38. The molecule has 1 aliphatic rings. The van der Waals surface area contributed by atoms with Crippen molar-refractivity contribution in [2.75, 3.05) is 18.4 Å². The highest BCUT2D eigenvalue weighted by molar-refractivity contribution is 5.95. The lowest BCUT2D eigenvalue weighted by atomic mass is 10.2. The number of pyridine rings is 1. The molecule has 0 radical (unpaired) electrons. The van der Waals surface area contributed by atoms with E-state index in [0.29, 0.717) is 25.2 Å². The molecule has 1 amide bonds. The van der Waals surface area contributed by atoms with Gasteiger partial charge in [0.15, 0.2) is 0 Å². The van der Waals surface area contributed by atoms with Crippen molar-refractivity contribution in [2.24, 2.45) is 0 Å².